The van der Waals surface area contributed by atoms with Gasteiger partial charge >= 0.3 is 0 Å². The van der Waals surface area contributed by atoms with Gasteiger partial charge in [0.15, 0.2) is 16.6 Å². The molecule has 1 fully saturated rings. The van der Waals surface area contributed by atoms with E-state index in [1.807, 2.05) is 37.4 Å². The Morgan fingerprint density at radius 3 is 2.52 bits per heavy atom. The van der Waals surface area contributed by atoms with Crippen molar-refractivity contribution < 1.29 is 9.84 Å². The fourth-order valence-electron chi connectivity index (χ4n) is 4.17. The van der Waals surface area contributed by atoms with Gasteiger partial charge in [-0.05, 0) is 42.5 Å². The van der Waals surface area contributed by atoms with Crippen LogP contribution in [0.15, 0.2) is 42.7 Å². The molecule has 4 aromatic rings. The zero-order chi connectivity index (χ0) is 22.9. The summed E-state index contributed by atoms with van der Waals surface area (Å²) in [7, 11) is 3.44. The van der Waals surface area contributed by atoms with Crippen molar-refractivity contribution in [1.82, 2.24) is 19.9 Å². The van der Waals surface area contributed by atoms with Crippen LogP contribution in [-0.2, 0) is 0 Å². The summed E-state index contributed by atoms with van der Waals surface area (Å²) in [6.45, 7) is 3.10. The van der Waals surface area contributed by atoms with Crippen LogP contribution in [0.5, 0.6) is 11.5 Å². The predicted molar refractivity (Wildman–Crippen MR) is 136 cm³/mol. The van der Waals surface area contributed by atoms with E-state index in [0.717, 1.165) is 65.3 Å². The summed E-state index contributed by atoms with van der Waals surface area (Å²) < 4.78 is 5.31. The molecule has 0 aliphatic carbocycles. The van der Waals surface area contributed by atoms with Crippen molar-refractivity contribution >= 4 is 56.5 Å². The molecule has 9 nitrogen and oxygen atoms in total. The van der Waals surface area contributed by atoms with E-state index in [4.69, 9.17) is 17.0 Å². The number of benzene rings is 2. The lowest BCUT2D eigenvalue weighted by atomic mass is 10.1. The number of phenolic OH excluding ortho intramolecular Hbond substituents is 1. The van der Waals surface area contributed by atoms with Crippen LogP contribution in [0.1, 0.15) is 0 Å². The van der Waals surface area contributed by atoms with Gasteiger partial charge in [-0.25, -0.2) is 9.97 Å². The van der Waals surface area contributed by atoms with Crippen molar-refractivity contribution in [2.75, 3.05) is 55.9 Å². The average Bonchev–Trinajstić information content (AvgIpc) is 3.21. The van der Waals surface area contributed by atoms with Crippen LogP contribution in [0.2, 0.25) is 0 Å². The standard InChI is InChI=1S/C23H25N7O2S/c1-24-14-3-5-15(6-4-14)27-23(33)30-9-7-29(8-10-30)22-20-16-11-19(32-2)18(31)12-17(16)28-21(20)25-13-26-22/h3-6,11-13,24,31H,7-10H2,1-2H3,(H,27,33)(H,25,26,28). The molecule has 5 rings (SSSR count). The van der Waals surface area contributed by atoms with Crippen molar-refractivity contribution in [1.29, 1.82) is 0 Å². The lowest BCUT2D eigenvalue weighted by Crippen LogP contribution is -2.50. The van der Waals surface area contributed by atoms with E-state index < -0.39 is 0 Å². The minimum absolute atomic E-state index is 0.0845. The van der Waals surface area contributed by atoms with Crippen molar-refractivity contribution in [3.05, 3.63) is 42.7 Å². The Morgan fingerprint density at radius 1 is 1.09 bits per heavy atom. The third-order valence-electron chi connectivity index (χ3n) is 5.96. The lowest BCUT2D eigenvalue weighted by Gasteiger charge is -2.37. The van der Waals surface area contributed by atoms with Crippen LogP contribution in [0.25, 0.3) is 21.9 Å². The fraction of sp³-hybridized carbons (Fsp3) is 0.261. The number of phenols is 1. The Morgan fingerprint density at radius 2 is 1.82 bits per heavy atom. The molecule has 10 heteroatoms. The van der Waals surface area contributed by atoms with Gasteiger partial charge in [0.1, 0.15) is 17.8 Å². The Labute approximate surface area is 196 Å². The number of hydrogen-bond acceptors (Lipinski definition) is 7. The third-order valence-corrected chi connectivity index (χ3v) is 6.32. The molecule has 0 saturated carbocycles. The quantitative estimate of drug-likeness (QED) is 0.339. The molecule has 33 heavy (non-hydrogen) atoms. The predicted octanol–water partition coefficient (Wildman–Crippen LogP) is 3.39. The number of fused-ring (bicyclic) bond motifs is 3. The van der Waals surface area contributed by atoms with Crippen LogP contribution in [0.3, 0.4) is 0 Å². The zero-order valence-electron chi connectivity index (χ0n) is 18.4. The molecule has 170 valence electrons. The number of piperazine rings is 1. The van der Waals surface area contributed by atoms with Crippen LogP contribution < -0.4 is 20.3 Å². The molecule has 2 aromatic carbocycles. The second-order valence-electron chi connectivity index (χ2n) is 7.85. The molecule has 0 bridgehead atoms. The van der Waals surface area contributed by atoms with E-state index in [-0.39, 0.29) is 5.75 Å². The van der Waals surface area contributed by atoms with Gasteiger partial charge in [-0.2, -0.15) is 0 Å². The van der Waals surface area contributed by atoms with Crippen LogP contribution in [0.4, 0.5) is 17.2 Å². The largest absolute Gasteiger partial charge is 0.504 e. The first-order chi connectivity index (χ1) is 16.1. The molecule has 0 radical (unpaired) electrons. The van der Waals surface area contributed by atoms with E-state index in [1.54, 1.807) is 19.5 Å². The van der Waals surface area contributed by atoms with Gasteiger partial charge in [-0.3, -0.25) is 0 Å². The van der Waals surface area contributed by atoms with Crippen molar-refractivity contribution in [3.63, 3.8) is 0 Å². The summed E-state index contributed by atoms with van der Waals surface area (Å²) in [6, 6.07) is 11.5. The minimum Gasteiger partial charge on any atom is -0.504 e. The number of H-pyrrole nitrogens is 1. The maximum Gasteiger partial charge on any atom is 0.173 e. The van der Waals surface area contributed by atoms with Crippen molar-refractivity contribution in [2.24, 2.45) is 0 Å². The SMILES string of the molecule is CNc1ccc(NC(=S)N2CCN(c3ncnc4[nH]c5cc(O)c(OC)cc5c34)CC2)cc1. The Kier molecular flexibility index (Phi) is 5.51. The minimum atomic E-state index is 0.0845. The molecule has 2 aromatic heterocycles. The maximum atomic E-state index is 10.1. The number of rotatable bonds is 4. The van der Waals surface area contributed by atoms with Gasteiger partial charge in [-0.1, -0.05) is 0 Å². The highest BCUT2D eigenvalue weighted by atomic mass is 32.1. The molecule has 3 heterocycles. The first-order valence-corrected chi connectivity index (χ1v) is 11.1. The molecule has 4 N–H and O–H groups in total. The lowest BCUT2D eigenvalue weighted by molar-refractivity contribution is 0.374. The number of aromatic amines is 1. The first kappa shape index (κ1) is 21.1. The normalized spacial score (nSPS) is 14.0. The van der Waals surface area contributed by atoms with E-state index in [0.29, 0.717) is 10.9 Å². The summed E-state index contributed by atoms with van der Waals surface area (Å²) in [4.78, 5) is 16.7. The van der Waals surface area contributed by atoms with Gasteiger partial charge in [0.2, 0.25) is 0 Å². The number of aromatic nitrogens is 3. The molecule has 0 atom stereocenters. The van der Waals surface area contributed by atoms with Crippen LogP contribution in [0, 0.1) is 0 Å². The third kappa shape index (κ3) is 3.93. The summed E-state index contributed by atoms with van der Waals surface area (Å²) in [6.07, 6.45) is 1.57. The Hall–Kier alpha value is -3.79. The highest BCUT2D eigenvalue weighted by Crippen LogP contribution is 2.37. The highest BCUT2D eigenvalue weighted by molar-refractivity contribution is 7.80. The van der Waals surface area contributed by atoms with E-state index in [1.165, 1.54) is 0 Å². The van der Waals surface area contributed by atoms with Gasteiger partial charge in [-0.15, -0.1) is 0 Å². The second-order valence-corrected chi connectivity index (χ2v) is 8.23. The summed E-state index contributed by atoms with van der Waals surface area (Å²) in [5.74, 6) is 1.36. The van der Waals surface area contributed by atoms with Crippen LogP contribution >= 0.6 is 12.2 Å². The van der Waals surface area contributed by atoms with Gasteiger partial charge in [0.25, 0.3) is 0 Å². The fourth-order valence-corrected chi connectivity index (χ4v) is 4.47. The smallest absolute Gasteiger partial charge is 0.173 e. The van der Waals surface area contributed by atoms with Gasteiger partial charge in [0.05, 0.1) is 18.0 Å². The van der Waals surface area contributed by atoms with E-state index in [9.17, 15) is 5.11 Å². The molecule has 0 amide bonds. The first-order valence-electron chi connectivity index (χ1n) is 10.7. The Bertz CT molecular complexity index is 1310. The molecule has 0 spiro atoms. The average molecular weight is 464 g/mol. The zero-order valence-corrected chi connectivity index (χ0v) is 19.2. The number of anilines is 3. The Balaban J connectivity index is 1.34. The van der Waals surface area contributed by atoms with E-state index >= 15 is 0 Å². The number of nitrogens with zero attached hydrogens (tertiary/aromatic N) is 4. The topological polar surface area (TPSA) is 102 Å². The highest BCUT2D eigenvalue weighted by Gasteiger charge is 2.23. The molecule has 1 saturated heterocycles. The van der Waals surface area contributed by atoms with Crippen molar-refractivity contribution in [3.8, 4) is 11.5 Å². The summed E-state index contributed by atoms with van der Waals surface area (Å²) in [5, 5.41) is 19.1. The number of thiocarbonyl (C=S) groups is 1. The molecule has 0 unspecified atom stereocenters. The monoisotopic (exact) mass is 463 g/mol. The number of aromatic hydroxyl groups is 1. The molecular formula is C23H25N7O2S. The van der Waals surface area contributed by atoms with Gasteiger partial charge in [0, 0.05) is 56.1 Å². The molecule has 1 aliphatic heterocycles. The molecule has 1 aliphatic rings. The van der Waals surface area contributed by atoms with Gasteiger partial charge < -0.3 is 35.3 Å². The van der Waals surface area contributed by atoms with E-state index in [2.05, 4.69) is 35.4 Å². The number of nitrogens with one attached hydrogen (secondary N) is 3. The number of hydrogen-bond donors (Lipinski definition) is 4. The molecular weight excluding hydrogens is 438 g/mol. The number of methoxy groups -OCH3 is 1. The maximum absolute atomic E-state index is 10.1. The second kappa shape index (κ2) is 8.62. The van der Waals surface area contributed by atoms with Crippen LogP contribution in [-0.4, -0.2) is 70.4 Å². The number of ether oxygens (including phenoxy) is 1. The summed E-state index contributed by atoms with van der Waals surface area (Å²) in [5.41, 5.74) is 3.54. The van der Waals surface area contributed by atoms with Crippen molar-refractivity contribution in [2.45, 2.75) is 0 Å². The summed E-state index contributed by atoms with van der Waals surface area (Å²) >= 11 is 5.65.